The normalized spacial score (nSPS) is 12.0. The number of carbonyl (C=O) groups is 1. The van der Waals surface area contributed by atoms with E-state index in [1.54, 1.807) is 11.8 Å². The van der Waals surface area contributed by atoms with E-state index in [0.717, 1.165) is 0 Å². The van der Waals surface area contributed by atoms with Gasteiger partial charge in [0.2, 0.25) is 0 Å². The molecule has 0 radical (unpaired) electrons. The molecule has 0 aromatic carbocycles. The molecule has 0 spiro atoms. The predicted octanol–water partition coefficient (Wildman–Crippen LogP) is 1.80. The molecule has 1 unspecified atom stereocenters. The van der Waals surface area contributed by atoms with Gasteiger partial charge in [0, 0.05) is 19.0 Å². The Morgan fingerprint density at radius 3 is 2.65 bits per heavy atom. The summed E-state index contributed by atoms with van der Waals surface area (Å²) < 4.78 is 0. The third-order valence-electron chi connectivity index (χ3n) is 2.94. The first-order valence-electron chi connectivity index (χ1n) is 6.71. The van der Waals surface area contributed by atoms with Gasteiger partial charge >= 0.3 is 0 Å². The summed E-state index contributed by atoms with van der Waals surface area (Å²) in [5, 5.41) is 8.86. The number of hydrogen-bond donors (Lipinski definition) is 1. The lowest BCUT2D eigenvalue weighted by atomic mass is 10.1. The summed E-state index contributed by atoms with van der Waals surface area (Å²) in [4.78, 5) is 22.4. The second-order valence-electron chi connectivity index (χ2n) is 5.06. The third kappa shape index (κ3) is 3.67. The molecular weight excluding hydrogens is 254 g/mol. The highest BCUT2D eigenvalue weighted by Crippen LogP contribution is 2.16. The molecule has 1 atom stereocenters. The molecule has 1 aromatic rings. The number of nitriles is 1. The van der Waals surface area contributed by atoms with Crippen LogP contribution >= 0.6 is 0 Å². The number of carbonyl (C=O) groups excluding carboxylic acids is 1. The van der Waals surface area contributed by atoms with Gasteiger partial charge in [0.1, 0.15) is 5.82 Å². The predicted molar refractivity (Wildman–Crippen MR) is 76.9 cm³/mol. The zero-order chi connectivity index (χ0) is 15.3. The van der Waals surface area contributed by atoms with Gasteiger partial charge < -0.3 is 10.6 Å². The summed E-state index contributed by atoms with van der Waals surface area (Å²) in [6.45, 7) is 8.42. The number of aromatic nitrogens is 2. The van der Waals surface area contributed by atoms with Crippen LogP contribution in [0.3, 0.4) is 0 Å². The number of anilines is 1. The molecule has 108 valence electrons. The Bertz CT molecular complexity index is 521. The second-order valence-corrected chi connectivity index (χ2v) is 5.06. The maximum Gasteiger partial charge on any atom is 0.274 e. The quantitative estimate of drug-likeness (QED) is 0.884. The van der Waals surface area contributed by atoms with Crippen molar-refractivity contribution < 1.29 is 4.79 Å². The van der Waals surface area contributed by atoms with Crippen LogP contribution in [-0.4, -0.2) is 33.9 Å². The molecular formula is C14H21N5O. The summed E-state index contributed by atoms with van der Waals surface area (Å²) in [5.41, 5.74) is 6.29. The third-order valence-corrected chi connectivity index (χ3v) is 2.94. The number of rotatable bonds is 5. The van der Waals surface area contributed by atoms with E-state index in [1.807, 2.05) is 20.8 Å². The van der Waals surface area contributed by atoms with Gasteiger partial charge in [0.25, 0.3) is 5.91 Å². The molecule has 20 heavy (non-hydrogen) atoms. The van der Waals surface area contributed by atoms with Crippen molar-refractivity contribution in [1.29, 1.82) is 5.26 Å². The standard InChI is InChI=1S/C14H21N5O/c1-5-19(8-10(4)6-15)14(20)12-11(16)7-17-13(18-12)9(2)3/h7,9-10H,5,8,16H2,1-4H3. The lowest BCUT2D eigenvalue weighted by molar-refractivity contribution is 0.0747. The number of nitrogen functional groups attached to an aromatic ring is 1. The Morgan fingerprint density at radius 1 is 1.50 bits per heavy atom. The van der Waals surface area contributed by atoms with Crippen molar-refractivity contribution in [3.8, 4) is 6.07 Å². The topological polar surface area (TPSA) is 95.9 Å². The molecule has 1 rings (SSSR count). The lowest BCUT2D eigenvalue weighted by Gasteiger charge is -2.22. The van der Waals surface area contributed by atoms with Gasteiger partial charge in [-0.2, -0.15) is 5.26 Å². The van der Waals surface area contributed by atoms with Gasteiger partial charge in [-0.1, -0.05) is 13.8 Å². The van der Waals surface area contributed by atoms with Crippen molar-refractivity contribution in [1.82, 2.24) is 14.9 Å². The van der Waals surface area contributed by atoms with E-state index in [1.165, 1.54) is 6.20 Å². The van der Waals surface area contributed by atoms with Gasteiger partial charge in [-0.15, -0.1) is 0 Å². The molecule has 2 N–H and O–H groups in total. The van der Waals surface area contributed by atoms with E-state index in [4.69, 9.17) is 11.0 Å². The molecule has 0 saturated heterocycles. The highest BCUT2D eigenvalue weighted by molar-refractivity contribution is 5.97. The van der Waals surface area contributed by atoms with Crippen LogP contribution < -0.4 is 5.73 Å². The molecule has 0 aliphatic carbocycles. The summed E-state index contributed by atoms with van der Waals surface area (Å²) in [7, 11) is 0. The summed E-state index contributed by atoms with van der Waals surface area (Å²) in [5.74, 6) is 0.227. The number of hydrogen-bond acceptors (Lipinski definition) is 5. The monoisotopic (exact) mass is 275 g/mol. The van der Waals surface area contributed by atoms with Gasteiger partial charge in [-0.25, -0.2) is 9.97 Å². The molecule has 1 aromatic heterocycles. The van der Waals surface area contributed by atoms with Gasteiger partial charge in [0.05, 0.1) is 23.9 Å². The minimum absolute atomic E-state index is 0.121. The van der Waals surface area contributed by atoms with Crippen LogP contribution in [0.4, 0.5) is 5.69 Å². The Labute approximate surface area is 119 Å². The smallest absolute Gasteiger partial charge is 0.274 e. The zero-order valence-corrected chi connectivity index (χ0v) is 12.4. The largest absolute Gasteiger partial charge is 0.396 e. The van der Waals surface area contributed by atoms with Crippen LogP contribution in [0, 0.1) is 17.2 Å². The molecule has 0 saturated carbocycles. The molecule has 6 nitrogen and oxygen atoms in total. The van der Waals surface area contributed by atoms with Crippen molar-refractivity contribution in [3.63, 3.8) is 0 Å². The highest BCUT2D eigenvalue weighted by atomic mass is 16.2. The SMILES string of the molecule is CCN(CC(C)C#N)C(=O)c1nc(C(C)C)ncc1N. The average Bonchev–Trinajstić information content (AvgIpc) is 2.43. The van der Waals surface area contributed by atoms with Crippen molar-refractivity contribution in [2.75, 3.05) is 18.8 Å². The number of nitrogens with zero attached hydrogens (tertiary/aromatic N) is 4. The highest BCUT2D eigenvalue weighted by Gasteiger charge is 2.21. The van der Waals surface area contributed by atoms with E-state index in [2.05, 4.69) is 16.0 Å². The summed E-state index contributed by atoms with van der Waals surface area (Å²) in [6, 6.07) is 2.12. The van der Waals surface area contributed by atoms with Crippen LogP contribution in [0.5, 0.6) is 0 Å². The van der Waals surface area contributed by atoms with Gasteiger partial charge in [-0.05, 0) is 13.8 Å². The van der Waals surface area contributed by atoms with E-state index in [-0.39, 0.29) is 29.1 Å². The molecule has 6 heteroatoms. The minimum atomic E-state index is -0.253. The minimum Gasteiger partial charge on any atom is -0.396 e. The van der Waals surface area contributed by atoms with E-state index in [9.17, 15) is 4.79 Å². The molecule has 0 bridgehead atoms. The summed E-state index contributed by atoms with van der Waals surface area (Å²) in [6.07, 6.45) is 1.47. The van der Waals surface area contributed by atoms with Crippen LogP contribution in [0.15, 0.2) is 6.20 Å². The van der Waals surface area contributed by atoms with Crippen LogP contribution in [0.2, 0.25) is 0 Å². The lowest BCUT2D eigenvalue weighted by Crippen LogP contribution is -2.35. The summed E-state index contributed by atoms with van der Waals surface area (Å²) >= 11 is 0. The first-order chi connectivity index (χ1) is 9.40. The fourth-order valence-corrected chi connectivity index (χ4v) is 1.73. The fourth-order valence-electron chi connectivity index (χ4n) is 1.73. The molecule has 1 amide bonds. The fraction of sp³-hybridized carbons (Fsp3) is 0.571. The first-order valence-corrected chi connectivity index (χ1v) is 6.71. The molecule has 0 fully saturated rings. The maximum absolute atomic E-state index is 12.5. The van der Waals surface area contributed by atoms with E-state index >= 15 is 0 Å². The Balaban J connectivity index is 3.06. The zero-order valence-electron chi connectivity index (χ0n) is 12.4. The maximum atomic E-state index is 12.5. The van der Waals surface area contributed by atoms with Crippen LogP contribution in [0.25, 0.3) is 0 Å². The van der Waals surface area contributed by atoms with Crippen LogP contribution in [0.1, 0.15) is 49.9 Å². The van der Waals surface area contributed by atoms with Crippen molar-refractivity contribution in [2.24, 2.45) is 5.92 Å². The Kier molecular flexibility index (Phi) is 5.44. The van der Waals surface area contributed by atoms with Crippen molar-refractivity contribution in [2.45, 2.75) is 33.6 Å². The first kappa shape index (κ1) is 15.9. The second kappa shape index (κ2) is 6.85. The Hall–Kier alpha value is -2.16. The Morgan fingerprint density at radius 2 is 2.15 bits per heavy atom. The van der Waals surface area contributed by atoms with Crippen molar-refractivity contribution >= 4 is 11.6 Å². The van der Waals surface area contributed by atoms with Crippen LogP contribution in [-0.2, 0) is 0 Å². The average molecular weight is 275 g/mol. The van der Waals surface area contributed by atoms with E-state index in [0.29, 0.717) is 18.9 Å². The molecule has 1 heterocycles. The number of nitrogens with two attached hydrogens (primary N) is 1. The molecule has 0 aliphatic rings. The molecule has 0 aliphatic heterocycles. The van der Waals surface area contributed by atoms with E-state index < -0.39 is 0 Å². The van der Waals surface area contributed by atoms with Gasteiger partial charge in [-0.3, -0.25) is 4.79 Å². The number of amides is 1. The van der Waals surface area contributed by atoms with Crippen molar-refractivity contribution in [3.05, 3.63) is 17.7 Å². The van der Waals surface area contributed by atoms with Gasteiger partial charge in [0.15, 0.2) is 5.69 Å².